The van der Waals surface area contributed by atoms with Crippen LogP contribution in [0.4, 0.5) is 4.39 Å². The van der Waals surface area contributed by atoms with E-state index in [2.05, 4.69) is 19.9 Å². The number of halogens is 1. The van der Waals surface area contributed by atoms with Gasteiger partial charge in [-0.15, -0.1) is 0 Å². The maximum Gasteiger partial charge on any atom is 0.326 e. The van der Waals surface area contributed by atoms with Crippen LogP contribution in [0.2, 0.25) is 0 Å². The predicted molar refractivity (Wildman–Crippen MR) is 114 cm³/mol. The Morgan fingerprint density at radius 1 is 1.37 bits per heavy atom. The van der Waals surface area contributed by atoms with Gasteiger partial charge in [0.25, 0.3) is 0 Å². The maximum absolute atomic E-state index is 13.6. The average Bonchev–Trinajstić information content (AvgIpc) is 3.28. The topological polar surface area (TPSA) is 107 Å². The van der Waals surface area contributed by atoms with Gasteiger partial charge in [0.1, 0.15) is 12.1 Å². The number of aromatic amines is 1. The van der Waals surface area contributed by atoms with E-state index in [-0.39, 0.29) is 24.0 Å². The van der Waals surface area contributed by atoms with Gasteiger partial charge in [-0.25, -0.2) is 19.2 Å². The molecule has 8 nitrogen and oxygen atoms in total. The SMILES string of the molecule is C/C=C\c1[nH]c(=O)n(Cc2cccnc2)c1CN=C(N)n1cnc2ccc(F)cc21. The number of imidazole rings is 2. The van der Waals surface area contributed by atoms with Gasteiger partial charge in [0.2, 0.25) is 5.96 Å². The van der Waals surface area contributed by atoms with Crippen LogP contribution in [0, 0.1) is 5.82 Å². The Balaban J connectivity index is 1.70. The molecule has 0 unspecified atom stereocenters. The van der Waals surface area contributed by atoms with Gasteiger partial charge in [0.05, 0.1) is 35.5 Å². The highest BCUT2D eigenvalue weighted by molar-refractivity contribution is 5.91. The molecule has 3 heterocycles. The van der Waals surface area contributed by atoms with E-state index in [1.807, 2.05) is 31.2 Å². The Kier molecular flexibility index (Phi) is 5.25. The highest BCUT2D eigenvalue weighted by Gasteiger charge is 2.13. The van der Waals surface area contributed by atoms with Crippen molar-refractivity contribution in [2.24, 2.45) is 10.7 Å². The fourth-order valence-electron chi connectivity index (χ4n) is 3.23. The van der Waals surface area contributed by atoms with Gasteiger partial charge in [0, 0.05) is 18.5 Å². The van der Waals surface area contributed by atoms with Crippen LogP contribution in [-0.4, -0.2) is 30.0 Å². The van der Waals surface area contributed by atoms with E-state index in [1.54, 1.807) is 23.0 Å². The first-order valence-electron chi connectivity index (χ1n) is 9.33. The van der Waals surface area contributed by atoms with Crippen molar-refractivity contribution >= 4 is 23.1 Å². The number of hydrogen-bond acceptors (Lipinski definition) is 4. The Hall–Kier alpha value is -4.01. The molecule has 0 atom stereocenters. The lowest BCUT2D eigenvalue weighted by molar-refractivity contribution is 0.629. The fraction of sp³-hybridized carbons (Fsp3) is 0.143. The van der Waals surface area contributed by atoms with E-state index in [0.29, 0.717) is 29.0 Å². The first-order chi connectivity index (χ1) is 14.6. The van der Waals surface area contributed by atoms with Crippen molar-refractivity contribution in [1.82, 2.24) is 24.1 Å². The van der Waals surface area contributed by atoms with Gasteiger partial charge in [-0.3, -0.25) is 14.1 Å². The van der Waals surface area contributed by atoms with E-state index in [1.165, 1.54) is 23.0 Å². The monoisotopic (exact) mass is 405 g/mol. The van der Waals surface area contributed by atoms with Gasteiger partial charge < -0.3 is 10.7 Å². The molecule has 0 spiro atoms. The first-order valence-corrected chi connectivity index (χ1v) is 9.33. The Morgan fingerprint density at radius 3 is 3.00 bits per heavy atom. The van der Waals surface area contributed by atoms with Crippen LogP contribution < -0.4 is 11.4 Å². The minimum atomic E-state index is -0.386. The second kappa shape index (κ2) is 8.16. The van der Waals surface area contributed by atoms with E-state index in [9.17, 15) is 9.18 Å². The molecular weight excluding hydrogens is 385 g/mol. The molecule has 0 fully saturated rings. The van der Waals surface area contributed by atoms with Crippen molar-refractivity contribution in [3.05, 3.63) is 88.4 Å². The van der Waals surface area contributed by atoms with E-state index in [0.717, 1.165) is 5.56 Å². The van der Waals surface area contributed by atoms with Crippen LogP contribution in [0.15, 0.2) is 64.9 Å². The molecule has 0 saturated carbocycles. The summed E-state index contributed by atoms with van der Waals surface area (Å²) >= 11 is 0. The minimum Gasteiger partial charge on any atom is -0.369 e. The summed E-state index contributed by atoms with van der Waals surface area (Å²) in [6.07, 6.45) is 8.53. The molecule has 4 rings (SSSR count). The first kappa shape index (κ1) is 19.3. The van der Waals surface area contributed by atoms with Crippen molar-refractivity contribution in [1.29, 1.82) is 0 Å². The molecule has 1 aromatic carbocycles. The normalized spacial score (nSPS) is 12.3. The summed E-state index contributed by atoms with van der Waals surface area (Å²) < 4.78 is 16.8. The van der Waals surface area contributed by atoms with Crippen molar-refractivity contribution in [2.75, 3.05) is 0 Å². The number of nitrogens with zero attached hydrogens (tertiary/aromatic N) is 5. The zero-order valence-corrected chi connectivity index (χ0v) is 16.3. The molecule has 0 bridgehead atoms. The van der Waals surface area contributed by atoms with Crippen LogP contribution in [-0.2, 0) is 13.1 Å². The number of benzene rings is 1. The van der Waals surface area contributed by atoms with Crippen LogP contribution in [0.1, 0.15) is 23.9 Å². The summed E-state index contributed by atoms with van der Waals surface area (Å²) in [6.45, 7) is 2.37. The number of pyridine rings is 1. The second-order valence-electron chi connectivity index (χ2n) is 6.66. The molecule has 0 aliphatic heterocycles. The van der Waals surface area contributed by atoms with Crippen molar-refractivity contribution < 1.29 is 4.39 Å². The number of hydrogen-bond donors (Lipinski definition) is 2. The number of allylic oxidation sites excluding steroid dienone is 1. The van der Waals surface area contributed by atoms with Gasteiger partial charge in [-0.05, 0) is 36.8 Å². The molecule has 4 aromatic rings. The van der Waals surface area contributed by atoms with Crippen molar-refractivity contribution in [3.8, 4) is 0 Å². The Morgan fingerprint density at radius 2 is 2.23 bits per heavy atom. The third-order valence-corrected chi connectivity index (χ3v) is 4.67. The van der Waals surface area contributed by atoms with Crippen LogP contribution in [0.25, 0.3) is 17.1 Å². The molecule has 30 heavy (non-hydrogen) atoms. The average molecular weight is 405 g/mol. The highest BCUT2D eigenvalue weighted by atomic mass is 19.1. The van der Waals surface area contributed by atoms with Gasteiger partial charge in [-0.2, -0.15) is 0 Å². The summed E-state index contributed by atoms with van der Waals surface area (Å²) in [6, 6.07) is 7.99. The largest absolute Gasteiger partial charge is 0.369 e. The summed E-state index contributed by atoms with van der Waals surface area (Å²) in [5, 5.41) is 0. The standard InChI is InChI=1S/C21H20FN7O/c1-2-4-17-19(28(21(30)27-17)12-14-5-3-8-24-10-14)11-25-20(23)29-13-26-16-7-6-15(22)9-18(16)29/h2-10,13H,11-12H2,1H3,(H2,23,25)(H,27,30)/b4-2-. The Bertz CT molecular complexity index is 1300. The van der Waals surface area contributed by atoms with E-state index in [4.69, 9.17) is 5.73 Å². The molecule has 9 heteroatoms. The third kappa shape index (κ3) is 3.77. The smallest absolute Gasteiger partial charge is 0.326 e. The van der Waals surface area contributed by atoms with Gasteiger partial charge >= 0.3 is 5.69 Å². The molecule has 3 N–H and O–H groups in total. The molecule has 3 aromatic heterocycles. The van der Waals surface area contributed by atoms with Crippen LogP contribution in [0.5, 0.6) is 0 Å². The molecule has 0 radical (unpaired) electrons. The lowest BCUT2D eigenvalue weighted by Gasteiger charge is -2.08. The lowest BCUT2D eigenvalue weighted by Crippen LogP contribution is -2.23. The lowest BCUT2D eigenvalue weighted by atomic mass is 10.2. The number of H-pyrrole nitrogens is 1. The zero-order valence-electron chi connectivity index (χ0n) is 16.3. The summed E-state index contributed by atoms with van der Waals surface area (Å²) in [7, 11) is 0. The van der Waals surface area contributed by atoms with E-state index < -0.39 is 0 Å². The number of aliphatic imine (C=N–C) groups is 1. The van der Waals surface area contributed by atoms with Crippen molar-refractivity contribution in [3.63, 3.8) is 0 Å². The van der Waals surface area contributed by atoms with Gasteiger partial charge in [-0.1, -0.05) is 12.1 Å². The number of nitrogens with one attached hydrogen (secondary N) is 1. The summed E-state index contributed by atoms with van der Waals surface area (Å²) in [4.78, 5) is 28.2. The van der Waals surface area contributed by atoms with Crippen molar-refractivity contribution in [2.45, 2.75) is 20.0 Å². The number of fused-ring (bicyclic) bond motifs is 1. The molecular formula is C21H20FN7O. The summed E-state index contributed by atoms with van der Waals surface area (Å²) in [5.74, 6) is -0.237. The molecule has 152 valence electrons. The molecule has 0 amide bonds. The van der Waals surface area contributed by atoms with E-state index >= 15 is 0 Å². The number of nitrogens with two attached hydrogens (primary N) is 1. The third-order valence-electron chi connectivity index (χ3n) is 4.67. The quantitative estimate of drug-likeness (QED) is 0.393. The molecule has 0 aliphatic rings. The number of aromatic nitrogens is 5. The van der Waals surface area contributed by atoms with Gasteiger partial charge in [0.15, 0.2) is 0 Å². The Labute approximate surface area is 171 Å². The maximum atomic E-state index is 13.6. The van der Waals surface area contributed by atoms with Crippen LogP contribution in [0.3, 0.4) is 0 Å². The predicted octanol–water partition coefficient (Wildman–Crippen LogP) is 2.50. The second-order valence-corrected chi connectivity index (χ2v) is 6.66. The zero-order chi connectivity index (χ0) is 21.1. The molecule has 0 saturated heterocycles. The molecule has 0 aliphatic carbocycles. The van der Waals surface area contributed by atoms with Crippen LogP contribution >= 0.6 is 0 Å². The minimum absolute atomic E-state index is 0.149. The summed E-state index contributed by atoms with van der Waals surface area (Å²) in [5.41, 5.74) is 9.27. The number of rotatable bonds is 5. The fourth-order valence-corrected chi connectivity index (χ4v) is 3.23. The highest BCUT2D eigenvalue weighted by Crippen LogP contribution is 2.15.